The lowest BCUT2D eigenvalue weighted by Crippen LogP contribution is -1.91. The van der Waals surface area contributed by atoms with Crippen LogP contribution in [0.1, 0.15) is 0 Å². The first kappa shape index (κ1) is 11.7. The van der Waals surface area contributed by atoms with Gasteiger partial charge in [-0.1, -0.05) is 0 Å². The van der Waals surface area contributed by atoms with Crippen LogP contribution < -0.4 is 5.73 Å². The number of rotatable bonds is 0. The molecule has 0 aliphatic heterocycles. The maximum absolute atomic E-state index is 8.70. The molecule has 6 nitrogen and oxygen atoms in total. The predicted octanol–water partition coefficient (Wildman–Crippen LogP) is -0.364. The highest BCUT2D eigenvalue weighted by atomic mass is 32.3. The number of phenols is 1. The topological polar surface area (TPSA) is 127 Å². The number of hydrogen-bond donors (Lipinski definition) is 2. The normalized spacial score (nSPS) is 10.0. The highest BCUT2D eigenvalue weighted by molar-refractivity contribution is 7.79. The first-order valence-corrected chi connectivity index (χ1v) is 4.33. The number of aromatic hydroxyl groups is 1. The summed E-state index contributed by atoms with van der Waals surface area (Å²) < 4.78 is 34.1. The number of nitrogen functional groups attached to an aromatic ring is 1. The van der Waals surface area contributed by atoms with Gasteiger partial charge in [-0.15, -0.1) is 0 Å². The second-order valence-corrected chi connectivity index (χ2v) is 2.82. The maximum Gasteiger partial charge on any atom is 0.115 e. The molecule has 0 atom stereocenters. The van der Waals surface area contributed by atoms with E-state index in [1.165, 1.54) is 0 Å². The fourth-order valence-electron chi connectivity index (χ4n) is 0.474. The Labute approximate surface area is 75.2 Å². The second-order valence-electron chi connectivity index (χ2n) is 2.00. The quantitative estimate of drug-likeness (QED) is 0.257. The van der Waals surface area contributed by atoms with Crippen LogP contribution in [0, 0.1) is 0 Å². The lowest BCUT2D eigenvalue weighted by molar-refractivity contribution is 0.352. The van der Waals surface area contributed by atoms with Crippen LogP contribution >= 0.6 is 0 Å². The molecule has 0 spiro atoms. The van der Waals surface area contributed by atoms with Gasteiger partial charge in [0.25, 0.3) is 0 Å². The van der Waals surface area contributed by atoms with E-state index in [4.69, 9.17) is 28.4 Å². The van der Waals surface area contributed by atoms with Gasteiger partial charge in [0.2, 0.25) is 0 Å². The number of anilines is 1. The van der Waals surface area contributed by atoms with Crippen molar-refractivity contribution in [3.05, 3.63) is 24.3 Å². The Morgan fingerprint density at radius 3 is 1.69 bits per heavy atom. The maximum atomic E-state index is 8.70. The van der Waals surface area contributed by atoms with Gasteiger partial charge in [-0.05, 0) is 24.3 Å². The summed E-state index contributed by atoms with van der Waals surface area (Å²) in [7, 11) is -5.17. The Hall–Kier alpha value is -1.31. The zero-order valence-corrected chi connectivity index (χ0v) is 7.19. The molecule has 1 aromatic rings. The fourth-order valence-corrected chi connectivity index (χ4v) is 0.474. The molecule has 0 amide bonds. The Morgan fingerprint density at radius 1 is 1.15 bits per heavy atom. The summed E-state index contributed by atoms with van der Waals surface area (Å²) in [6.07, 6.45) is 0. The van der Waals surface area contributed by atoms with Gasteiger partial charge in [-0.25, -0.2) is 0 Å². The van der Waals surface area contributed by atoms with Crippen molar-refractivity contribution in [2.24, 2.45) is 0 Å². The monoisotopic (exact) mass is 205 g/mol. The number of hydrogen-bond acceptors (Lipinski definition) is 6. The summed E-state index contributed by atoms with van der Waals surface area (Å²) in [6.45, 7) is 0. The van der Waals surface area contributed by atoms with E-state index in [-0.39, 0.29) is 5.75 Å². The zero-order valence-electron chi connectivity index (χ0n) is 6.38. The lowest BCUT2D eigenvalue weighted by Gasteiger charge is -2.06. The minimum absolute atomic E-state index is 0.249. The van der Waals surface area contributed by atoms with E-state index in [0.29, 0.717) is 5.69 Å². The van der Waals surface area contributed by atoms with Crippen molar-refractivity contribution in [3.8, 4) is 5.75 Å². The van der Waals surface area contributed by atoms with Crippen molar-refractivity contribution in [3.63, 3.8) is 0 Å². The van der Waals surface area contributed by atoms with E-state index < -0.39 is 10.4 Å². The van der Waals surface area contributed by atoms with Crippen molar-refractivity contribution >= 4 is 16.1 Å². The van der Waals surface area contributed by atoms with Gasteiger partial charge in [0.15, 0.2) is 0 Å². The molecule has 0 saturated heterocycles. The molecule has 0 unspecified atom stereocenters. The summed E-state index contributed by atoms with van der Waals surface area (Å²) in [5, 5.41) is 8.70. The second kappa shape index (κ2) is 4.65. The van der Waals surface area contributed by atoms with Crippen LogP contribution in [0.15, 0.2) is 24.3 Å². The largest absolute Gasteiger partial charge is 0.759 e. The number of phenolic OH excluding ortho intramolecular Hbond substituents is 1. The molecule has 0 saturated carbocycles. The van der Waals surface area contributed by atoms with Gasteiger partial charge in [0.1, 0.15) is 5.75 Å². The van der Waals surface area contributed by atoms with Gasteiger partial charge in [-0.3, -0.25) is 8.42 Å². The molecule has 0 heterocycles. The van der Waals surface area contributed by atoms with E-state index in [9.17, 15) is 0 Å². The average molecular weight is 205 g/mol. The van der Waals surface area contributed by atoms with Crippen LogP contribution in [-0.4, -0.2) is 22.6 Å². The van der Waals surface area contributed by atoms with Gasteiger partial charge >= 0.3 is 0 Å². The van der Waals surface area contributed by atoms with Crippen molar-refractivity contribution in [2.75, 3.05) is 5.73 Å². The minimum Gasteiger partial charge on any atom is -0.759 e. The zero-order chi connectivity index (χ0) is 10.5. The molecule has 74 valence electrons. The Kier molecular flexibility index (Phi) is 4.18. The number of benzene rings is 1. The van der Waals surface area contributed by atoms with Crippen LogP contribution in [0.3, 0.4) is 0 Å². The first-order chi connectivity index (χ1) is 5.79. The van der Waals surface area contributed by atoms with Crippen molar-refractivity contribution in [1.82, 2.24) is 0 Å². The minimum atomic E-state index is -5.17. The van der Waals surface area contributed by atoms with Crippen LogP contribution in [0.25, 0.3) is 0 Å². The highest BCUT2D eigenvalue weighted by Gasteiger charge is 1.82. The molecule has 0 aliphatic rings. The molecule has 0 aromatic heterocycles. The van der Waals surface area contributed by atoms with E-state index in [1.807, 2.05) is 0 Å². The third-order valence-electron chi connectivity index (χ3n) is 0.893. The SMILES string of the molecule is Nc1ccc(O)cc1.O=S(=O)([O-])[O-]. The van der Waals surface area contributed by atoms with E-state index in [2.05, 4.69) is 0 Å². The molecule has 3 N–H and O–H groups in total. The molecular weight excluding hydrogens is 198 g/mol. The standard InChI is InChI=1S/C6H7NO.H2O4S/c7-5-1-3-6(8)4-2-5;1-5(2,3)4/h1-4,8H,7H2;(H2,1,2,3,4)/p-2. The van der Waals surface area contributed by atoms with Gasteiger partial charge < -0.3 is 19.9 Å². The van der Waals surface area contributed by atoms with E-state index in [1.54, 1.807) is 24.3 Å². The average Bonchev–Trinajstić information content (AvgIpc) is 1.92. The van der Waals surface area contributed by atoms with Crippen LogP contribution in [0.4, 0.5) is 5.69 Å². The summed E-state index contributed by atoms with van der Waals surface area (Å²) >= 11 is 0. The Balaban J connectivity index is 0.000000252. The molecule has 7 heteroatoms. The summed E-state index contributed by atoms with van der Waals surface area (Å²) in [5.41, 5.74) is 5.98. The van der Waals surface area contributed by atoms with E-state index in [0.717, 1.165) is 0 Å². The number of nitrogens with two attached hydrogens (primary N) is 1. The third-order valence-corrected chi connectivity index (χ3v) is 0.893. The van der Waals surface area contributed by atoms with Crippen molar-refractivity contribution in [1.29, 1.82) is 0 Å². The molecule has 0 aliphatic carbocycles. The van der Waals surface area contributed by atoms with Crippen LogP contribution in [0.2, 0.25) is 0 Å². The van der Waals surface area contributed by atoms with Crippen LogP contribution in [-0.2, 0) is 10.4 Å². The van der Waals surface area contributed by atoms with Crippen LogP contribution in [0.5, 0.6) is 5.75 Å². The molecular formula is C6H7NO5S-2. The Morgan fingerprint density at radius 2 is 1.46 bits per heavy atom. The van der Waals surface area contributed by atoms with E-state index >= 15 is 0 Å². The molecule has 1 aromatic carbocycles. The highest BCUT2D eigenvalue weighted by Crippen LogP contribution is 2.09. The molecule has 1 rings (SSSR count). The molecule has 0 fully saturated rings. The molecule has 0 bridgehead atoms. The summed E-state index contributed by atoms with van der Waals surface area (Å²) in [5.74, 6) is 0.249. The summed E-state index contributed by atoms with van der Waals surface area (Å²) in [6, 6.07) is 6.40. The van der Waals surface area contributed by atoms with Gasteiger partial charge in [0, 0.05) is 16.1 Å². The van der Waals surface area contributed by atoms with Gasteiger partial charge in [-0.2, -0.15) is 0 Å². The fraction of sp³-hybridized carbons (Fsp3) is 0. The smallest absolute Gasteiger partial charge is 0.115 e. The first-order valence-electron chi connectivity index (χ1n) is 3.00. The van der Waals surface area contributed by atoms with Crippen molar-refractivity contribution < 1.29 is 22.6 Å². The Bertz CT molecular complexity index is 315. The summed E-state index contributed by atoms with van der Waals surface area (Å²) in [4.78, 5) is 0. The van der Waals surface area contributed by atoms with Gasteiger partial charge in [0.05, 0.1) is 0 Å². The van der Waals surface area contributed by atoms with Crippen molar-refractivity contribution in [2.45, 2.75) is 0 Å². The third kappa shape index (κ3) is 10.7. The molecule has 13 heavy (non-hydrogen) atoms. The predicted molar refractivity (Wildman–Crippen MR) is 43.0 cm³/mol. The lowest BCUT2D eigenvalue weighted by atomic mass is 10.3. The molecule has 0 radical (unpaired) electrons.